The number of ether oxygens (including phenoxy) is 1. The number of methoxy groups -OCH3 is 1. The lowest BCUT2D eigenvalue weighted by Crippen LogP contribution is -2.03. The number of benzene rings is 1. The van der Waals surface area contributed by atoms with Gasteiger partial charge in [-0.25, -0.2) is 0 Å². The van der Waals surface area contributed by atoms with Crippen molar-refractivity contribution in [1.29, 1.82) is 0 Å². The highest BCUT2D eigenvalue weighted by Gasteiger charge is 2.12. The first kappa shape index (κ1) is 14.0. The van der Waals surface area contributed by atoms with E-state index in [9.17, 15) is 5.11 Å². The summed E-state index contributed by atoms with van der Waals surface area (Å²) in [5.74, 6) is 0.785. The van der Waals surface area contributed by atoms with Crippen LogP contribution in [0.5, 0.6) is 5.75 Å². The molecule has 3 nitrogen and oxygen atoms in total. The molecule has 0 aliphatic rings. The standard InChI is InChI=1S/C15H16BrNO2/c1-10-3-4-11(9-17-10)15(18)8-12-7-13(19-2)5-6-14(12)16/h3-7,9,15,18H,8H2,1-2H3. The van der Waals surface area contributed by atoms with Crippen molar-refractivity contribution in [2.24, 2.45) is 0 Å². The largest absolute Gasteiger partial charge is 0.497 e. The Kier molecular flexibility index (Phi) is 4.56. The molecule has 1 N–H and O–H groups in total. The summed E-state index contributed by atoms with van der Waals surface area (Å²) in [4.78, 5) is 4.20. The monoisotopic (exact) mass is 321 g/mol. The molecule has 19 heavy (non-hydrogen) atoms. The minimum Gasteiger partial charge on any atom is -0.497 e. The summed E-state index contributed by atoms with van der Waals surface area (Å²) in [5.41, 5.74) is 2.77. The maximum Gasteiger partial charge on any atom is 0.119 e. The van der Waals surface area contributed by atoms with Crippen LogP contribution >= 0.6 is 15.9 Å². The molecule has 0 aliphatic heterocycles. The molecule has 0 spiro atoms. The van der Waals surface area contributed by atoms with E-state index in [-0.39, 0.29) is 0 Å². The zero-order chi connectivity index (χ0) is 13.8. The van der Waals surface area contributed by atoms with Crippen LogP contribution in [0, 0.1) is 6.92 Å². The van der Waals surface area contributed by atoms with Crippen LogP contribution in [-0.4, -0.2) is 17.2 Å². The van der Waals surface area contributed by atoms with Gasteiger partial charge < -0.3 is 9.84 Å². The summed E-state index contributed by atoms with van der Waals surface area (Å²) in [5, 5.41) is 10.3. The molecule has 0 radical (unpaired) electrons. The van der Waals surface area contributed by atoms with Crippen molar-refractivity contribution in [3.63, 3.8) is 0 Å². The third-order valence-electron chi connectivity index (χ3n) is 2.99. The fraction of sp³-hybridized carbons (Fsp3) is 0.267. The molecular weight excluding hydrogens is 306 g/mol. The molecule has 1 aromatic heterocycles. The van der Waals surface area contributed by atoms with E-state index >= 15 is 0 Å². The van der Waals surface area contributed by atoms with Gasteiger partial charge in [-0.1, -0.05) is 22.0 Å². The Morgan fingerprint density at radius 3 is 2.74 bits per heavy atom. The normalized spacial score (nSPS) is 12.2. The molecule has 2 aromatic rings. The molecule has 100 valence electrons. The second-order valence-electron chi connectivity index (χ2n) is 4.41. The van der Waals surface area contributed by atoms with Crippen LogP contribution in [0.1, 0.15) is 22.9 Å². The van der Waals surface area contributed by atoms with Crippen molar-refractivity contribution in [3.8, 4) is 5.75 Å². The zero-order valence-electron chi connectivity index (χ0n) is 10.9. The van der Waals surface area contributed by atoms with Gasteiger partial charge in [-0.15, -0.1) is 0 Å². The first-order valence-corrected chi connectivity index (χ1v) is 6.82. The molecule has 0 bridgehead atoms. The average molecular weight is 322 g/mol. The van der Waals surface area contributed by atoms with Gasteiger partial charge in [-0.05, 0) is 42.3 Å². The summed E-state index contributed by atoms with van der Waals surface area (Å²) in [6.45, 7) is 1.93. The lowest BCUT2D eigenvalue weighted by molar-refractivity contribution is 0.177. The minimum atomic E-state index is -0.573. The number of aliphatic hydroxyl groups excluding tert-OH is 1. The van der Waals surface area contributed by atoms with E-state index < -0.39 is 6.10 Å². The van der Waals surface area contributed by atoms with Crippen molar-refractivity contribution in [1.82, 2.24) is 4.98 Å². The molecule has 1 heterocycles. The number of aliphatic hydroxyl groups is 1. The van der Waals surface area contributed by atoms with E-state index in [4.69, 9.17) is 4.74 Å². The topological polar surface area (TPSA) is 42.4 Å². The fourth-order valence-electron chi connectivity index (χ4n) is 1.84. The van der Waals surface area contributed by atoms with Crippen LogP contribution in [0.15, 0.2) is 41.0 Å². The summed E-state index contributed by atoms with van der Waals surface area (Å²) in [7, 11) is 1.63. The van der Waals surface area contributed by atoms with Gasteiger partial charge in [-0.3, -0.25) is 4.98 Å². The first-order valence-electron chi connectivity index (χ1n) is 6.03. The van der Waals surface area contributed by atoms with E-state index in [0.717, 1.165) is 27.0 Å². The minimum absolute atomic E-state index is 0.516. The fourth-order valence-corrected chi connectivity index (χ4v) is 2.25. The quantitative estimate of drug-likeness (QED) is 0.938. The van der Waals surface area contributed by atoms with E-state index in [1.807, 2.05) is 37.3 Å². The van der Waals surface area contributed by atoms with Crippen LogP contribution in [0.2, 0.25) is 0 Å². The highest BCUT2D eigenvalue weighted by atomic mass is 79.9. The Bertz CT molecular complexity index is 555. The van der Waals surface area contributed by atoms with E-state index in [1.165, 1.54) is 0 Å². The number of aromatic nitrogens is 1. The predicted molar refractivity (Wildman–Crippen MR) is 78.3 cm³/mol. The first-order chi connectivity index (χ1) is 9.10. The van der Waals surface area contributed by atoms with Crippen molar-refractivity contribution in [2.45, 2.75) is 19.4 Å². The highest BCUT2D eigenvalue weighted by molar-refractivity contribution is 9.10. The second kappa shape index (κ2) is 6.17. The Hall–Kier alpha value is -1.39. The zero-order valence-corrected chi connectivity index (χ0v) is 12.5. The Morgan fingerprint density at radius 1 is 1.32 bits per heavy atom. The van der Waals surface area contributed by atoms with E-state index in [0.29, 0.717) is 6.42 Å². The molecule has 1 atom stereocenters. The number of rotatable bonds is 4. The Balaban J connectivity index is 2.18. The lowest BCUT2D eigenvalue weighted by Gasteiger charge is -2.13. The number of hydrogen-bond donors (Lipinski definition) is 1. The maximum atomic E-state index is 10.3. The van der Waals surface area contributed by atoms with Gasteiger partial charge in [0.25, 0.3) is 0 Å². The number of hydrogen-bond acceptors (Lipinski definition) is 3. The molecule has 0 amide bonds. The van der Waals surface area contributed by atoms with Gasteiger partial charge in [0, 0.05) is 22.8 Å². The summed E-state index contributed by atoms with van der Waals surface area (Å²) in [6.07, 6.45) is 1.66. The number of halogens is 1. The molecule has 0 fully saturated rings. The summed E-state index contributed by atoms with van der Waals surface area (Å²) < 4.78 is 6.16. The van der Waals surface area contributed by atoms with Gasteiger partial charge in [-0.2, -0.15) is 0 Å². The van der Waals surface area contributed by atoms with Crippen LogP contribution in [-0.2, 0) is 6.42 Å². The van der Waals surface area contributed by atoms with Crippen LogP contribution in [0.3, 0.4) is 0 Å². The number of nitrogens with zero attached hydrogens (tertiary/aromatic N) is 1. The van der Waals surface area contributed by atoms with Gasteiger partial charge in [0.2, 0.25) is 0 Å². The molecule has 1 unspecified atom stereocenters. The second-order valence-corrected chi connectivity index (χ2v) is 5.26. The molecule has 4 heteroatoms. The lowest BCUT2D eigenvalue weighted by atomic mass is 10.0. The third kappa shape index (κ3) is 3.55. The SMILES string of the molecule is COc1ccc(Br)c(CC(O)c2ccc(C)nc2)c1. The number of aryl methyl sites for hydroxylation is 1. The van der Waals surface area contributed by atoms with E-state index in [1.54, 1.807) is 13.3 Å². The molecule has 2 rings (SSSR count). The van der Waals surface area contributed by atoms with Crippen LogP contribution < -0.4 is 4.74 Å². The Morgan fingerprint density at radius 2 is 2.11 bits per heavy atom. The molecule has 0 saturated heterocycles. The predicted octanol–water partition coefficient (Wildman–Crippen LogP) is 3.44. The molecule has 0 aliphatic carbocycles. The smallest absolute Gasteiger partial charge is 0.119 e. The van der Waals surface area contributed by atoms with Gasteiger partial charge in [0.05, 0.1) is 13.2 Å². The van der Waals surface area contributed by atoms with Crippen LogP contribution in [0.25, 0.3) is 0 Å². The number of pyridine rings is 1. The average Bonchev–Trinajstić information content (AvgIpc) is 2.42. The highest BCUT2D eigenvalue weighted by Crippen LogP contribution is 2.27. The molecular formula is C15H16BrNO2. The van der Waals surface area contributed by atoms with Gasteiger partial charge in [0.1, 0.15) is 5.75 Å². The van der Waals surface area contributed by atoms with E-state index in [2.05, 4.69) is 20.9 Å². The maximum absolute atomic E-state index is 10.3. The summed E-state index contributed by atoms with van der Waals surface area (Å²) in [6, 6.07) is 9.54. The van der Waals surface area contributed by atoms with Gasteiger partial charge in [0.15, 0.2) is 0 Å². The van der Waals surface area contributed by atoms with Gasteiger partial charge >= 0.3 is 0 Å². The Labute approximate surface area is 121 Å². The van der Waals surface area contributed by atoms with Crippen molar-refractivity contribution < 1.29 is 9.84 Å². The third-order valence-corrected chi connectivity index (χ3v) is 3.76. The van der Waals surface area contributed by atoms with Crippen molar-refractivity contribution in [3.05, 3.63) is 57.8 Å². The molecule has 1 aromatic carbocycles. The van der Waals surface area contributed by atoms with Crippen molar-refractivity contribution >= 4 is 15.9 Å². The summed E-state index contributed by atoms with van der Waals surface area (Å²) >= 11 is 3.49. The van der Waals surface area contributed by atoms with Crippen LogP contribution in [0.4, 0.5) is 0 Å². The molecule has 0 saturated carbocycles. The van der Waals surface area contributed by atoms with Crippen molar-refractivity contribution in [2.75, 3.05) is 7.11 Å².